The van der Waals surface area contributed by atoms with E-state index >= 15 is 0 Å². The van der Waals surface area contributed by atoms with Crippen LogP contribution in [0.1, 0.15) is 25.7 Å². The summed E-state index contributed by atoms with van der Waals surface area (Å²) in [6, 6.07) is 0. The van der Waals surface area contributed by atoms with Gasteiger partial charge < -0.3 is 4.74 Å². The fraction of sp³-hybridized carbons (Fsp3) is 0.875. The molecule has 13 heavy (non-hydrogen) atoms. The van der Waals surface area contributed by atoms with Gasteiger partial charge in [-0.15, -0.1) is 0 Å². The highest BCUT2D eigenvalue weighted by atomic mass is 79.9. The van der Waals surface area contributed by atoms with Crippen molar-refractivity contribution in [2.75, 3.05) is 7.11 Å². The van der Waals surface area contributed by atoms with Gasteiger partial charge >= 0.3 is 5.97 Å². The van der Waals surface area contributed by atoms with E-state index in [1.165, 1.54) is 7.11 Å². The lowest BCUT2D eigenvalue weighted by Crippen LogP contribution is -2.40. The molecule has 1 fully saturated rings. The third kappa shape index (κ3) is 2.39. The molecule has 0 aromatic rings. The molecule has 0 aliphatic heterocycles. The SMILES string of the molecule is COC(=O)C1(Br)CCC(F)(F)CC1. The summed E-state index contributed by atoms with van der Waals surface area (Å²) < 4.78 is 29.1. The molecule has 5 heteroatoms. The van der Waals surface area contributed by atoms with Gasteiger partial charge in [0.05, 0.1) is 7.11 Å². The number of alkyl halides is 3. The lowest BCUT2D eigenvalue weighted by Gasteiger charge is -2.32. The molecule has 0 saturated heterocycles. The number of ether oxygens (including phenoxy) is 1. The molecule has 0 spiro atoms. The topological polar surface area (TPSA) is 26.3 Å². The first-order chi connectivity index (χ1) is 5.90. The Kier molecular flexibility index (Phi) is 2.95. The van der Waals surface area contributed by atoms with Gasteiger partial charge in [-0.1, -0.05) is 15.9 Å². The quantitative estimate of drug-likeness (QED) is 0.533. The molecule has 0 amide bonds. The minimum absolute atomic E-state index is 0.132. The van der Waals surface area contributed by atoms with Crippen molar-refractivity contribution in [2.45, 2.75) is 35.9 Å². The smallest absolute Gasteiger partial charge is 0.322 e. The molecule has 0 aromatic heterocycles. The highest BCUT2D eigenvalue weighted by Crippen LogP contribution is 2.43. The van der Waals surface area contributed by atoms with Crippen LogP contribution in [0.25, 0.3) is 0 Å². The Morgan fingerprint density at radius 2 is 1.77 bits per heavy atom. The number of rotatable bonds is 1. The van der Waals surface area contributed by atoms with Crippen molar-refractivity contribution in [3.63, 3.8) is 0 Å². The van der Waals surface area contributed by atoms with E-state index in [9.17, 15) is 13.6 Å². The summed E-state index contributed by atoms with van der Waals surface area (Å²) in [6.07, 6.45) is -0.250. The predicted octanol–water partition coefficient (Wildman–Crippen LogP) is 2.50. The van der Waals surface area contributed by atoms with Crippen LogP contribution in [0.3, 0.4) is 0 Å². The molecule has 1 saturated carbocycles. The minimum atomic E-state index is -2.62. The van der Waals surface area contributed by atoms with Crippen LogP contribution in [0.2, 0.25) is 0 Å². The van der Waals surface area contributed by atoms with Gasteiger partial charge in [-0.05, 0) is 12.8 Å². The molecule has 0 aromatic carbocycles. The third-order valence-electron chi connectivity index (χ3n) is 2.33. The van der Waals surface area contributed by atoms with Crippen molar-refractivity contribution in [1.82, 2.24) is 0 Å². The Morgan fingerprint density at radius 3 is 2.15 bits per heavy atom. The van der Waals surface area contributed by atoms with Crippen molar-refractivity contribution >= 4 is 21.9 Å². The Hall–Kier alpha value is -0.190. The van der Waals surface area contributed by atoms with Gasteiger partial charge in [0.15, 0.2) is 0 Å². The summed E-state index contributed by atoms with van der Waals surface area (Å²) in [7, 11) is 1.26. The molecule has 1 rings (SSSR count). The summed E-state index contributed by atoms with van der Waals surface area (Å²) in [6.45, 7) is 0. The minimum Gasteiger partial charge on any atom is -0.468 e. The third-order valence-corrected chi connectivity index (χ3v) is 3.44. The number of carbonyl (C=O) groups excluding carboxylic acids is 1. The van der Waals surface area contributed by atoms with Crippen molar-refractivity contribution in [3.05, 3.63) is 0 Å². The molecule has 0 heterocycles. The van der Waals surface area contributed by atoms with Crippen LogP contribution in [0.15, 0.2) is 0 Å². The molecule has 0 radical (unpaired) electrons. The zero-order valence-corrected chi connectivity index (χ0v) is 8.86. The summed E-state index contributed by atoms with van der Waals surface area (Å²) in [5.74, 6) is -3.08. The van der Waals surface area contributed by atoms with Crippen LogP contribution in [-0.4, -0.2) is 23.3 Å². The van der Waals surface area contributed by atoms with Crippen LogP contribution in [-0.2, 0) is 9.53 Å². The first-order valence-corrected chi connectivity index (χ1v) is 4.84. The summed E-state index contributed by atoms with van der Waals surface area (Å²) in [5.41, 5.74) is 0. The zero-order chi connectivity index (χ0) is 10.1. The fourth-order valence-electron chi connectivity index (χ4n) is 1.40. The summed E-state index contributed by atoms with van der Waals surface area (Å²) in [5, 5.41) is 0. The van der Waals surface area contributed by atoms with E-state index in [4.69, 9.17) is 0 Å². The van der Waals surface area contributed by atoms with Gasteiger partial charge in [0.1, 0.15) is 4.32 Å². The molecule has 0 atom stereocenters. The van der Waals surface area contributed by atoms with Gasteiger partial charge in [-0.2, -0.15) is 0 Å². The second-order valence-corrected chi connectivity index (χ2v) is 4.83. The van der Waals surface area contributed by atoms with Crippen molar-refractivity contribution < 1.29 is 18.3 Å². The summed E-state index contributed by atoms with van der Waals surface area (Å²) >= 11 is 3.17. The maximum Gasteiger partial charge on any atom is 0.322 e. The molecule has 0 unspecified atom stereocenters. The fourth-order valence-corrected chi connectivity index (χ4v) is 1.96. The molecular formula is C8H11BrF2O2. The van der Waals surface area contributed by atoms with Crippen molar-refractivity contribution in [3.8, 4) is 0 Å². The monoisotopic (exact) mass is 256 g/mol. The van der Waals surface area contributed by atoms with Crippen molar-refractivity contribution in [2.24, 2.45) is 0 Å². The average molecular weight is 257 g/mol. The normalized spacial score (nSPS) is 25.2. The molecule has 0 bridgehead atoms. The number of hydrogen-bond acceptors (Lipinski definition) is 2. The second kappa shape index (κ2) is 3.52. The van der Waals surface area contributed by atoms with Gasteiger partial charge in [-0.3, -0.25) is 4.79 Å². The van der Waals surface area contributed by atoms with E-state index < -0.39 is 16.2 Å². The van der Waals surface area contributed by atoms with E-state index in [0.717, 1.165) is 0 Å². The molecule has 1 aliphatic rings. The highest BCUT2D eigenvalue weighted by Gasteiger charge is 2.46. The van der Waals surface area contributed by atoms with Gasteiger partial charge in [0, 0.05) is 12.8 Å². The Bertz CT molecular complexity index is 208. The van der Waals surface area contributed by atoms with E-state index in [1.54, 1.807) is 0 Å². The molecule has 2 nitrogen and oxygen atoms in total. The van der Waals surface area contributed by atoms with E-state index in [-0.39, 0.29) is 25.7 Å². The average Bonchev–Trinajstić information content (AvgIpc) is 2.09. The number of carbonyl (C=O) groups is 1. The van der Waals surface area contributed by atoms with Crippen LogP contribution >= 0.6 is 15.9 Å². The number of esters is 1. The van der Waals surface area contributed by atoms with Gasteiger partial charge in [-0.25, -0.2) is 8.78 Å². The second-order valence-electron chi connectivity index (χ2n) is 3.31. The van der Waals surface area contributed by atoms with Crippen LogP contribution in [0, 0.1) is 0 Å². The molecule has 76 valence electrons. The predicted molar refractivity (Wildman–Crippen MR) is 47.1 cm³/mol. The number of hydrogen-bond donors (Lipinski definition) is 0. The lowest BCUT2D eigenvalue weighted by atomic mass is 9.86. The van der Waals surface area contributed by atoms with Gasteiger partial charge in [0.25, 0.3) is 0 Å². The Morgan fingerprint density at radius 1 is 1.31 bits per heavy atom. The Labute approximate surface area is 83.8 Å². The standard InChI is InChI=1S/C8H11BrF2O2/c1-13-6(12)7(9)2-4-8(10,11)5-3-7/h2-5H2,1H3. The molecular weight excluding hydrogens is 246 g/mol. The maximum absolute atomic E-state index is 12.7. The first-order valence-electron chi connectivity index (χ1n) is 4.05. The highest BCUT2D eigenvalue weighted by molar-refractivity contribution is 9.10. The van der Waals surface area contributed by atoms with Crippen LogP contribution in [0.5, 0.6) is 0 Å². The van der Waals surface area contributed by atoms with Gasteiger partial charge in [0.2, 0.25) is 5.92 Å². The maximum atomic E-state index is 12.7. The number of halogens is 3. The zero-order valence-electron chi connectivity index (χ0n) is 7.28. The largest absolute Gasteiger partial charge is 0.468 e. The van der Waals surface area contributed by atoms with E-state index in [1.807, 2.05) is 0 Å². The number of methoxy groups -OCH3 is 1. The lowest BCUT2D eigenvalue weighted by molar-refractivity contribution is -0.146. The Balaban J connectivity index is 2.61. The van der Waals surface area contributed by atoms with E-state index in [0.29, 0.717) is 0 Å². The summed E-state index contributed by atoms with van der Waals surface area (Å²) in [4.78, 5) is 11.2. The van der Waals surface area contributed by atoms with E-state index in [2.05, 4.69) is 20.7 Å². The first kappa shape index (κ1) is 10.9. The van der Waals surface area contributed by atoms with Crippen LogP contribution in [0.4, 0.5) is 8.78 Å². The molecule has 1 aliphatic carbocycles. The van der Waals surface area contributed by atoms with Crippen molar-refractivity contribution in [1.29, 1.82) is 0 Å². The molecule has 0 N–H and O–H groups in total. The van der Waals surface area contributed by atoms with Crippen LogP contribution < -0.4 is 0 Å².